The summed E-state index contributed by atoms with van der Waals surface area (Å²) in [6, 6.07) is 11.1. The van der Waals surface area contributed by atoms with E-state index in [2.05, 4.69) is 36.4 Å². The predicted molar refractivity (Wildman–Crippen MR) is 84.3 cm³/mol. The van der Waals surface area contributed by atoms with E-state index in [1.54, 1.807) is 21.3 Å². The average molecular weight is 295 g/mol. The van der Waals surface area contributed by atoms with Crippen LogP contribution in [-0.4, -0.2) is 48.6 Å². The summed E-state index contributed by atoms with van der Waals surface area (Å²) < 4.78 is 16.2. The monoisotopic (exact) mass is 295 g/mol. The first-order valence-corrected chi connectivity index (χ1v) is 8.68. The van der Waals surface area contributed by atoms with Crippen LogP contribution in [0.1, 0.15) is 12.0 Å². The van der Waals surface area contributed by atoms with Crippen LogP contribution in [0.4, 0.5) is 0 Å². The second kappa shape index (κ2) is 8.92. The van der Waals surface area contributed by atoms with Crippen LogP contribution in [0.5, 0.6) is 0 Å². The van der Waals surface area contributed by atoms with Crippen molar-refractivity contribution >= 4 is 14.9 Å². The van der Waals surface area contributed by atoms with Crippen molar-refractivity contribution in [1.29, 1.82) is 0 Å². The van der Waals surface area contributed by atoms with Crippen LogP contribution >= 0.6 is 0 Å². The molecule has 0 unspecified atom stereocenters. The highest BCUT2D eigenvalue weighted by Crippen LogP contribution is 2.15. The Labute approximate surface area is 123 Å². The molecule has 20 heavy (non-hydrogen) atoms. The van der Waals surface area contributed by atoms with E-state index in [0.717, 1.165) is 19.0 Å². The highest BCUT2D eigenvalue weighted by atomic mass is 28.4. The van der Waals surface area contributed by atoms with E-state index in [-0.39, 0.29) is 0 Å². The molecule has 0 bridgehead atoms. The van der Waals surface area contributed by atoms with Gasteiger partial charge in [-0.25, -0.2) is 0 Å². The molecule has 0 atom stereocenters. The molecule has 1 aromatic rings. The fourth-order valence-corrected chi connectivity index (χ4v) is 3.66. The third kappa shape index (κ3) is 5.46. The van der Waals surface area contributed by atoms with E-state index in [4.69, 9.17) is 13.3 Å². The lowest BCUT2D eigenvalue weighted by Gasteiger charge is -2.25. The number of hydrogen-bond donors (Lipinski definition) is 0. The molecule has 0 amide bonds. The van der Waals surface area contributed by atoms with Crippen molar-refractivity contribution < 1.29 is 13.3 Å². The zero-order chi connectivity index (χ0) is 14.8. The molecule has 1 aromatic carbocycles. The molecule has 0 spiro atoms. The first-order chi connectivity index (χ1) is 9.65. The van der Waals surface area contributed by atoms with Crippen LogP contribution in [0.15, 0.2) is 36.5 Å². The van der Waals surface area contributed by atoms with Gasteiger partial charge in [-0.3, -0.25) is 0 Å². The van der Waals surface area contributed by atoms with Gasteiger partial charge in [-0.15, -0.1) is 0 Å². The maximum absolute atomic E-state index is 5.41. The summed E-state index contributed by atoms with van der Waals surface area (Å²) >= 11 is 0. The van der Waals surface area contributed by atoms with E-state index in [9.17, 15) is 0 Å². The van der Waals surface area contributed by atoms with Crippen molar-refractivity contribution in [2.75, 3.05) is 34.9 Å². The quantitative estimate of drug-likeness (QED) is 0.656. The van der Waals surface area contributed by atoms with Gasteiger partial charge in [0.1, 0.15) is 0 Å². The zero-order valence-corrected chi connectivity index (χ0v) is 13.8. The third-order valence-electron chi connectivity index (χ3n) is 3.25. The summed E-state index contributed by atoms with van der Waals surface area (Å²) in [6.45, 7) is 0.939. The summed E-state index contributed by atoms with van der Waals surface area (Å²) in [5.74, 6) is 0. The standard InChI is InChI=1S/C15H25NO3Si/c1-16(13-11-15-9-6-5-7-10-15)12-8-14-20(17-2,18-3)19-4/h5-7,9-11,13H,8,12,14H2,1-4H3. The molecule has 0 saturated carbocycles. The van der Waals surface area contributed by atoms with E-state index in [1.165, 1.54) is 5.56 Å². The van der Waals surface area contributed by atoms with Gasteiger partial charge in [0.15, 0.2) is 0 Å². The van der Waals surface area contributed by atoms with E-state index in [0.29, 0.717) is 0 Å². The lowest BCUT2D eigenvalue weighted by atomic mass is 10.2. The van der Waals surface area contributed by atoms with Crippen LogP contribution in [0.2, 0.25) is 6.04 Å². The van der Waals surface area contributed by atoms with Crippen molar-refractivity contribution in [3.8, 4) is 0 Å². The van der Waals surface area contributed by atoms with Gasteiger partial charge in [0.05, 0.1) is 0 Å². The number of rotatable bonds is 9. The zero-order valence-electron chi connectivity index (χ0n) is 12.8. The summed E-state index contributed by atoms with van der Waals surface area (Å²) in [6.07, 6.45) is 5.16. The smallest absolute Gasteiger partial charge is 0.380 e. The molecule has 0 N–H and O–H groups in total. The van der Waals surface area contributed by atoms with Crippen LogP contribution < -0.4 is 0 Å². The van der Waals surface area contributed by atoms with Crippen LogP contribution in [0.3, 0.4) is 0 Å². The summed E-state index contributed by atoms with van der Waals surface area (Å²) in [5.41, 5.74) is 1.20. The third-order valence-corrected chi connectivity index (χ3v) is 6.08. The molecule has 112 valence electrons. The summed E-state index contributed by atoms with van der Waals surface area (Å²) in [4.78, 5) is 2.16. The van der Waals surface area contributed by atoms with Crippen LogP contribution in [0.25, 0.3) is 6.08 Å². The number of hydrogen-bond acceptors (Lipinski definition) is 4. The van der Waals surface area contributed by atoms with Crippen molar-refractivity contribution in [1.82, 2.24) is 4.90 Å². The second-order valence-corrected chi connectivity index (χ2v) is 7.70. The lowest BCUT2D eigenvalue weighted by Crippen LogP contribution is -2.43. The minimum Gasteiger partial charge on any atom is -0.380 e. The van der Waals surface area contributed by atoms with Gasteiger partial charge in [-0.05, 0) is 24.3 Å². The highest BCUT2D eigenvalue weighted by Gasteiger charge is 2.36. The summed E-state index contributed by atoms with van der Waals surface area (Å²) in [5, 5.41) is 0. The normalized spacial score (nSPS) is 12.0. The largest absolute Gasteiger partial charge is 0.500 e. The van der Waals surface area contributed by atoms with Gasteiger partial charge in [-0.2, -0.15) is 0 Å². The molecule has 0 radical (unpaired) electrons. The van der Waals surface area contributed by atoms with E-state index >= 15 is 0 Å². The van der Waals surface area contributed by atoms with Gasteiger partial charge in [0.2, 0.25) is 0 Å². The molecule has 0 aliphatic heterocycles. The molecule has 0 aliphatic rings. The fourth-order valence-electron chi connectivity index (χ4n) is 1.95. The molecule has 4 nitrogen and oxygen atoms in total. The Bertz CT molecular complexity index is 385. The molecular formula is C15H25NO3Si. The average Bonchev–Trinajstić information content (AvgIpc) is 2.51. The second-order valence-electron chi connectivity index (χ2n) is 4.61. The minimum absolute atomic E-state index is 0.819. The van der Waals surface area contributed by atoms with Crippen LogP contribution in [0, 0.1) is 0 Å². The minimum atomic E-state index is -2.42. The number of nitrogens with zero attached hydrogens (tertiary/aromatic N) is 1. The van der Waals surface area contributed by atoms with Gasteiger partial charge >= 0.3 is 8.80 Å². The van der Waals surface area contributed by atoms with Gasteiger partial charge in [0, 0.05) is 41.0 Å². The van der Waals surface area contributed by atoms with E-state index in [1.807, 2.05) is 18.2 Å². The SMILES string of the molecule is CO[Si](CCCN(C)C=Cc1ccccc1)(OC)OC. The molecule has 0 fully saturated rings. The first-order valence-electron chi connectivity index (χ1n) is 6.75. The van der Waals surface area contributed by atoms with E-state index < -0.39 is 8.80 Å². The lowest BCUT2D eigenvalue weighted by molar-refractivity contribution is 0.122. The highest BCUT2D eigenvalue weighted by molar-refractivity contribution is 6.60. The Morgan fingerprint density at radius 3 is 2.20 bits per heavy atom. The Hall–Kier alpha value is -1.14. The predicted octanol–water partition coefficient (Wildman–Crippen LogP) is 2.86. The molecule has 5 heteroatoms. The van der Waals surface area contributed by atoms with Gasteiger partial charge < -0.3 is 18.2 Å². The first kappa shape index (κ1) is 16.9. The fraction of sp³-hybridized carbons (Fsp3) is 0.467. The molecule has 1 rings (SSSR count). The maximum Gasteiger partial charge on any atom is 0.500 e. The Morgan fingerprint density at radius 1 is 1.05 bits per heavy atom. The molecular weight excluding hydrogens is 270 g/mol. The van der Waals surface area contributed by atoms with Crippen molar-refractivity contribution in [2.45, 2.75) is 12.5 Å². The number of benzene rings is 1. The topological polar surface area (TPSA) is 30.9 Å². The summed E-state index contributed by atoms with van der Waals surface area (Å²) in [7, 11) is 4.60. The van der Waals surface area contributed by atoms with Gasteiger partial charge in [-0.1, -0.05) is 30.3 Å². The van der Waals surface area contributed by atoms with Gasteiger partial charge in [0.25, 0.3) is 0 Å². The Kier molecular flexibility index (Phi) is 7.54. The maximum atomic E-state index is 5.41. The van der Waals surface area contributed by atoms with Crippen molar-refractivity contribution in [3.63, 3.8) is 0 Å². The molecule has 0 aromatic heterocycles. The van der Waals surface area contributed by atoms with Crippen molar-refractivity contribution in [3.05, 3.63) is 42.1 Å². The Morgan fingerprint density at radius 2 is 1.65 bits per heavy atom. The van der Waals surface area contributed by atoms with Crippen molar-refractivity contribution in [2.24, 2.45) is 0 Å². The Balaban J connectivity index is 2.36. The molecule has 0 saturated heterocycles. The molecule has 0 aliphatic carbocycles. The van der Waals surface area contributed by atoms with Crippen LogP contribution in [-0.2, 0) is 13.3 Å². The molecule has 0 heterocycles.